The molecule has 0 spiro atoms. The van der Waals surface area contributed by atoms with Crippen molar-refractivity contribution in [1.29, 1.82) is 0 Å². The van der Waals surface area contributed by atoms with E-state index in [2.05, 4.69) is 0 Å². The molecule has 0 radical (unpaired) electrons. The topological polar surface area (TPSA) is 530 Å². The van der Waals surface area contributed by atoms with Crippen LogP contribution in [0.3, 0.4) is 0 Å². The van der Waals surface area contributed by atoms with Gasteiger partial charge in [-0.05, 0) is 6.92 Å². The molecule has 390 valence electrons. The molecule has 3 rings (SSSR count). The molecule has 0 aromatic carbocycles. The van der Waals surface area contributed by atoms with Crippen LogP contribution in [-0.2, 0) is 33.2 Å². The molecule has 4 unspecified atom stereocenters. The van der Waals surface area contributed by atoms with Crippen LogP contribution in [0, 0.1) is 0 Å². The highest BCUT2D eigenvalue weighted by molar-refractivity contribution is 5.17. The normalized spacial score (nSPS) is 41.6. The Hall–Kier alpha value is -4.10. The van der Waals surface area contributed by atoms with Gasteiger partial charge in [-0.25, -0.2) is 0 Å². The maximum Gasteiger partial charge on any atom is 0.218 e. The summed E-state index contributed by atoms with van der Waals surface area (Å²) in [5, 5.41) is 241. The van der Waals surface area contributed by atoms with Crippen molar-refractivity contribution >= 4 is 0 Å². The van der Waals surface area contributed by atoms with Gasteiger partial charge in [-0.3, -0.25) is 0 Å². The van der Waals surface area contributed by atoms with Crippen LogP contribution in [0.4, 0.5) is 0 Å². The summed E-state index contributed by atoms with van der Waals surface area (Å²) in [5.74, 6) is -15.4. The second kappa shape index (κ2) is 27.2. The molecule has 3 aliphatic heterocycles. The van der Waals surface area contributed by atoms with Crippen LogP contribution < -0.4 is 0 Å². The standard InChI is InChI=1S/C37H62O30/c1-37(6-11-42)30(55)28(54)34(59)66-29-17(12-43)65-36(27(53)22(29)48)64-16(5-10-41)21(47)25(51)33(58)62-14(3-8-39)19(45)23(49)31(56)61-13(2-7-38)18(44)24(50)32(57)63-15(4-9-40)20(46)26(52)35(60)67-37/h13-17,22,27,29,31-36,38-60H,2-12H2,1H3/b23-19-,24-18-,25-21-,26-20-,30-28-/t13-,14-,15-,16-,17?,22?,27?,29-,31-,32-,33-,34-,35-,36+,37?/m1/s1. The van der Waals surface area contributed by atoms with Gasteiger partial charge in [0.25, 0.3) is 0 Å². The first-order valence-corrected chi connectivity index (χ1v) is 20.0. The minimum atomic E-state index is -2.82. The third-order valence-electron chi connectivity index (χ3n) is 9.99. The Labute approximate surface area is 378 Å². The first-order valence-electron chi connectivity index (χ1n) is 20.0. The first-order chi connectivity index (χ1) is 31.4. The molecule has 1 fully saturated rings. The highest BCUT2D eigenvalue weighted by Crippen LogP contribution is 2.33. The number of fused-ring (bicyclic) bond motifs is 22. The molecule has 23 N–H and O–H groups in total. The zero-order valence-electron chi connectivity index (χ0n) is 35.5. The van der Waals surface area contributed by atoms with Gasteiger partial charge in [0.1, 0.15) is 54.4 Å². The second-order valence-electron chi connectivity index (χ2n) is 14.8. The maximum absolute atomic E-state index is 11.0. The third-order valence-corrected chi connectivity index (χ3v) is 9.99. The SMILES string of the molecule is CC1(CCO)O[C@@H](O)/C(O)=C(/O)[C@@H](CCO)O[C@@H](O)/C(O)=C(/O)[C@@H](CCO)O[C@@H](O)/C(O)=C(/O)[C@@H](CCO)O[C@@H](O)/C(O)=C(/O)[C@@H](CCO)O[C@H]2OC(CO)[C@@H](O[C@@H](O)/C(O)=C\1O)C(O)C2O. The van der Waals surface area contributed by atoms with Crippen molar-refractivity contribution in [3.8, 4) is 0 Å². The van der Waals surface area contributed by atoms with Gasteiger partial charge in [0.05, 0.1) is 6.61 Å². The van der Waals surface area contributed by atoms with Crippen LogP contribution in [-0.4, -0.2) is 249 Å². The minimum Gasteiger partial charge on any atom is -0.506 e. The Kier molecular flexibility index (Phi) is 23.9. The van der Waals surface area contributed by atoms with Crippen LogP contribution >= 0.6 is 0 Å². The van der Waals surface area contributed by atoms with Crippen molar-refractivity contribution in [3.05, 3.63) is 57.6 Å². The predicted molar refractivity (Wildman–Crippen MR) is 212 cm³/mol. The molecule has 67 heavy (non-hydrogen) atoms. The molecule has 0 saturated carbocycles. The number of rotatable bonds is 11. The van der Waals surface area contributed by atoms with Crippen molar-refractivity contribution in [3.63, 3.8) is 0 Å². The van der Waals surface area contributed by atoms with E-state index >= 15 is 0 Å². The number of hydrogen-bond acceptors (Lipinski definition) is 30. The summed E-state index contributed by atoms with van der Waals surface area (Å²) in [7, 11) is 0. The Balaban J connectivity index is 2.86. The molecule has 3 aliphatic rings. The molecular formula is C37H62O30. The Bertz CT molecular complexity index is 1700. The van der Waals surface area contributed by atoms with Crippen LogP contribution in [0.15, 0.2) is 57.6 Å². The maximum atomic E-state index is 11.0. The molecule has 0 aliphatic carbocycles. The summed E-state index contributed by atoms with van der Waals surface area (Å²) >= 11 is 0. The highest BCUT2D eigenvalue weighted by atomic mass is 16.7. The fourth-order valence-corrected chi connectivity index (χ4v) is 6.22. The zero-order valence-corrected chi connectivity index (χ0v) is 35.5. The van der Waals surface area contributed by atoms with Gasteiger partial charge in [-0.15, -0.1) is 0 Å². The molecule has 0 aromatic heterocycles. The number of ether oxygens (including phenoxy) is 7. The van der Waals surface area contributed by atoms with Gasteiger partial charge in [0, 0.05) is 65.1 Å². The van der Waals surface area contributed by atoms with Crippen molar-refractivity contribution < 1.29 is 151 Å². The van der Waals surface area contributed by atoms with E-state index in [9.17, 15) is 117 Å². The quantitative estimate of drug-likeness (QED) is 0.0924. The van der Waals surface area contributed by atoms with E-state index in [0.29, 0.717) is 0 Å². The van der Waals surface area contributed by atoms with Crippen LogP contribution in [0.1, 0.15) is 39.0 Å². The van der Waals surface area contributed by atoms with Crippen molar-refractivity contribution in [2.24, 2.45) is 0 Å². The van der Waals surface area contributed by atoms with Crippen LogP contribution in [0.25, 0.3) is 0 Å². The van der Waals surface area contributed by atoms with Crippen molar-refractivity contribution in [2.45, 2.75) is 131 Å². The Morgan fingerprint density at radius 2 is 0.731 bits per heavy atom. The smallest absolute Gasteiger partial charge is 0.218 e. The van der Waals surface area contributed by atoms with Gasteiger partial charge < -0.3 is 151 Å². The van der Waals surface area contributed by atoms with Gasteiger partial charge in [0.15, 0.2) is 63.9 Å². The molecule has 30 heteroatoms. The molecule has 0 aromatic rings. The summed E-state index contributed by atoms with van der Waals surface area (Å²) in [6, 6.07) is 0. The van der Waals surface area contributed by atoms with E-state index in [1.807, 2.05) is 0 Å². The van der Waals surface area contributed by atoms with Crippen molar-refractivity contribution in [2.75, 3.05) is 39.6 Å². The van der Waals surface area contributed by atoms with Gasteiger partial charge in [-0.2, -0.15) is 0 Å². The monoisotopic (exact) mass is 986 g/mol. The van der Waals surface area contributed by atoms with Crippen LogP contribution in [0.2, 0.25) is 0 Å². The van der Waals surface area contributed by atoms with Gasteiger partial charge in [0.2, 0.25) is 31.5 Å². The second-order valence-corrected chi connectivity index (χ2v) is 14.8. The highest BCUT2D eigenvalue weighted by Gasteiger charge is 2.49. The van der Waals surface area contributed by atoms with Gasteiger partial charge in [-0.1, -0.05) is 0 Å². The summed E-state index contributed by atoms with van der Waals surface area (Å²) in [6.45, 7) is -4.97. The zero-order chi connectivity index (χ0) is 51.1. The first kappa shape index (κ1) is 59.0. The van der Waals surface area contributed by atoms with E-state index < -0.39 is 222 Å². The largest absolute Gasteiger partial charge is 0.506 e. The molecule has 0 amide bonds. The third kappa shape index (κ3) is 15.2. The number of hydrogen-bond donors (Lipinski definition) is 23. The average Bonchev–Trinajstić information content (AvgIpc) is 3.29. The molecule has 1 saturated heterocycles. The number of aliphatic hydroxyl groups excluding tert-OH is 23. The molecule has 15 atom stereocenters. The lowest BCUT2D eigenvalue weighted by Crippen LogP contribution is -2.61. The van der Waals surface area contributed by atoms with Crippen LogP contribution in [0.5, 0.6) is 0 Å². The molecule has 30 nitrogen and oxygen atoms in total. The summed E-state index contributed by atoms with van der Waals surface area (Å²) in [5.41, 5.74) is -2.60. The molecule has 2 bridgehead atoms. The predicted octanol–water partition coefficient (Wildman–Crippen LogP) is -4.72. The fourth-order valence-electron chi connectivity index (χ4n) is 6.22. The van der Waals surface area contributed by atoms with E-state index in [-0.39, 0.29) is 0 Å². The van der Waals surface area contributed by atoms with E-state index in [1.54, 1.807) is 0 Å². The number of aliphatic hydroxyl groups is 23. The molecule has 3 heterocycles. The lowest BCUT2D eigenvalue weighted by Gasteiger charge is -2.43. The summed E-state index contributed by atoms with van der Waals surface area (Å²) < 4.78 is 36.3. The van der Waals surface area contributed by atoms with Gasteiger partial charge >= 0.3 is 0 Å². The Morgan fingerprint density at radius 1 is 0.388 bits per heavy atom. The lowest BCUT2D eigenvalue weighted by molar-refractivity contribution is -0.329. The molecular weight excluding hydrogens is 924 g/mol. The average molecular weight is 987 g/mol. The summed E-state index contributed by atoms with van der Waals surface area (Å²) in [6.07, 6.45) is -37.1. The van der Waals surface area contributed by atoms with E-state index in [0.717, 1.165) is 6.92 Å². The lowest BCUT2D eigenvalue weighted by atomic mass is 9.97. The van der Waals surface area contributed by atoms with E-state index in [1.165, 1.54) is 0 Å². The fraction of sp³-hybridized carbons (Fsp3) is 0.730. The summed E-state index contributed by atoms with van der Waals surface area (Å²) in [4.78, 5) is 0. The van der Waals surface area contributed by atoms with Crippen molar-refractivity contribution in [1.82, 2.24) is 0 Å². The minimum absolute atomic E-state index is 0.712. The Morgan fingerprint density at radius 3 is 1.07 bits per heavy atom. The van der Waals surface area contributed by atoms with E-state index in [4.69, 9.17) is 33.2 Å².